The van der Waals surface area contributed by atoms with Gasteiger partial charge < -0.3 is 0 Å². The Kier molecular flexibility index (Phi) is 2.18. The fraction of sp³-hybridized carbons (Fsp3) is 0. The zero-order valence-corrected chi connectivity index (χ0v) is 13.1. The summed E-state index contributed by atoms with van der Waals surface area (Å²) in [6, 6.07) is 31.1. The van der Waals surface area contributed by atoms with Gasteiger partial charge in [-0.25, -0.2) is 0 Å². The van der Waals surface area contributed by atoms with Crippen LogP contribution >= 0.6 is 0 Å². The zero-order valence-electron chi connectivity index (χ0n) is 13.1. The van der Waals surface area contributed by atoms with Crippen molar-refractivity contribution in [1.82, 2.24) is 0 Å². The monoisotopic (exact) mass is 302 g/mol. The van der Waals surface area contributed by atoms with E-state index in [1.54, 1.807) is 0 Å². The van der Waals surface area contributed by atoms with Gasteiger partial charge in [0.1, 0.15) is 0 Å². The molecule has 0 nitrogen and oxygen atoms in total. The van der Waals surface area contributed by atoms with Gasteiger partial charge >= 0.3 is 0 Å². The number of hydrogen-bond donors (Lipinski definition) is 0. The number of fused-ring (bicyclic) bond motifs is 7. The SMILES string of the molecule is c1ccc2c3c(ccc2c1)-c1cc2ccccc2c2cccc-3c12. The highest BCUT2D eigenvalue weighted by Gasteiger charge is 2.23. The summed E-state index contributed by atoms with van der Waals surface area (Å²) in [7, 11) is 0. The third-order valence-corrected chi connectivity index (χ3v) is 5.37. The Morgan fingerprint density at radius 2 is 1.17 bits per heavy atom. The van der Waals surface area contributed by atoms with Crippen molar-refractivity contribution in [2.24, 2.45) is 0 Å². The first-order valence-corrected chi connectivity index (χ1v) is 8.39. The van der Waals surface area contributed by atoms with Crippen molar-refractivity contribution < 1.29 is 0 Å². The summed E-state index contributed by atoms with van der Waals surface area (Å²) in [5.74, 6) is 0. The molecule has 0 bridgehead atoms. The van der Waals surface area contributed by atoms with Gasteiger partial charge in [-0.05, 0) is 60.6 Å². The molecule has 0 unspecified atom stereocenters. The van der Waals surface area contributed by atoms with Crippen LogP contribution in [0, 0.1) is 0 Å². The van der Waals surface area contributed by atoms with Crippen LogP contribution in [0.4, 0.5) is 0 Å². The van der Waals surface area contributed by atoms with Crippen LogP contribution in [0.5, 0.6) is 0 Å². The standard InChI is InChI=1S/C24H14/c1-4-9-18-15(6-1)12-13-20-22-14-16-7-2-3-8-17(16)19-10-5-11-21(23(18)20)24(19)22/h1-14H. The molecule has 0 amide bonds. The lowest BCUT2D eigenvalue weighted by Gasteiger charge is -2.07. The van der Waals surface area contributed by atoms with Crippen LogP contribution in [0.25, 0.3) is 54.6 Å². The molecule has 0 aromatic heterocycles. The van der Waals surface area contributed by atoms with Crippen molar-refractivity contribution in [1.29, 1.82) is 0 Å². The van der Waals surface area contributed by atoms with Crippen molar-refractivity contribution in [2.45, 2.75) is 0 Å². The van der Waals surface area contributed by atoms with Crippen molar-refractivity contribution in [3.63, 3.8) is 0 Å². The minimum atomic E-state index is 1.31. The van der Waals surface area contributed by atoms with Crippen molar-refractivity contribution in [2.75, 3.05) is 0 Å². The van der Waals surface area contributed by atoms with Crippen LogP contribution < -0.4 is 0 Å². The van der Waals surface area contributed by atoms with Crippen molar-refractivity contribution >= 4 is 32.3 Å². The largest absolute Gasteiger partial charge is 0.0616 e. The average Bonchev–Trinajstić information content (AvgIpc) is 2.98. The Labute approximate surface area is 140 Å². The number of rotatable bonds is 0. The lowest BCUT2D eigenvalue weighted by atomic mass is 9.97. The molecule has 110 valence electrons. The molecular weight excluding hydrogens is 288 g/mol. The minimum Gasteiger partial charge on any atom is -0.0616 e. The number of benzene rings is 5. The van der Waals surface area contributed by atoms with Crippen LogP contribution in [0.15, 0.2) is 84.9 Å². The van der Waals surface area contributed by atoms with Gasteiger partial charge in [0.15, 0.2) is 0 Å². The maximum Gasteiger partial charge on any atom is -0.00197 e. The van der Waals surface area contributed by atoms with Gasteiger partial charge in [0.05, 0.1) is 0 Å². The predicted molar refractivity (Wildman–Crippen MR) is 103 cm³/mol. The molecule has 0 saturated carbocycles. The molecule has 5 aromatic rings. The molecule has 24 heavy (non-hydrogen) atoms. The Balaban J connectivity index is 1.91. The van der Waals surface area contributed by atoms with Crippen molar-refractivity contribution in [3.05, 3.63) is 84.9 Å². The molecule has 0 heterocycles. The van der Waals surface area contributed by atoms with Gasteiger partial charge in [-0.2, -0.15) is 0 Å². The molecule has 0 saturated heterocycles. The molecule has 0 spiro atoms. The quantitative estimate of drug-likeness (QED) is 0.271. The van der Waals surface area contributed by atoms with Crippen LogP contribution in [-0.2, 0) is 0 Å². The summed E-state index contributed by atoms with van der Waals surface area (Å²) < 4.78 is 0. The molecular formula is C24H14. The normalized spacial score (nSPS) is 12.2. The lowest BCUT2D eigenvalue weighted by molar-refractivity contribution is 1.73. The fourth-order valence-electron chi connectivity index (χ4n) is 4.37. The van der Waals surface area contributed by atoms with E-state index < -0.39 is 0 Å². The second-order valence-electron chi connectivity index (χ2n) is 6.58. The molecule has 5 aromatic carbocycles. The second-order valence-corrected chi connectivity index (χ2v) is 6.58. The van der Waals surface area contributed by atoms with Gasteiger partial charge in [0.2, 0.25) is 0 Å². The molecule has 0 atom stereocenters. The molecule has 1 aliphatic carbocycles. The highest BCUT2D eigenvalue weighted by atomic mass is 14.3. The average molecular weight is 302 g/mol. The van der Waals surface area contributed by atoms with E-state index in [1.807, 2.05) is 0 Å². The third-order valence-electron chi connectivity index (χ3n) is 5.37. The first-order valence-electron chi connectivity index (χ1n) is 8.39. The summed E-state index contributed by atoms with van der Waals surface area (Å²) in [5.41, 5.74) is 5.51. The summed E-state index contributed by atoms with van der Waals surface area (Å²) in [6.07, 6.45) is 0. The smallest absolute Gasteiger partial charge is 0.00197 e. The second kappa shape index (κ2) is 4.24. The van der Waals surface area contributed by atoms with Crippen molar-refractivity contribution in [3.8, 4) is 22.3 Å². The van der Waals surface area contributed by atoms with E-state index in [9.17, 15) is 0 Å². The first kappa shape index (κ1) is 12.3. The number of hydrogen-bond acceptors (Lipinski definition) is 0. The van der Waals surface area contributed by atoms with E-state index in [4.69, 9.17) is 0 Å². The Bertz CT molecular complexity index is 1290. The Hall–Kier alpha value is -3.12. The summed E-state index contributed by atoms with van der Waals surface area (Å²) in [5, 5.41) is 8.09. The van der Waals surface area contributed by atoms with Gasteiger partial charge in [-0.1, -0.05) is 78.9 Å². The van der Waals surface area contributed by atoms with Gasteiger partial charge in [-0.3, -0.25) is 0 Å². The van der Waals surface area contributed by atoms with E-state index >= 15 is 0 Å². The maximum absolute atomic E-state index is 2.36. The maximum atomic E-state index is 2.36. The fourth-order valence-corrected chi connectivity index (χ4v) is 4.37. The molecule has 0 aliphatic heterocycles. The van der Waals surface area contributed by atoms with Crippen LogP contribution in [0.2, 0.25) is 0 Å². The van der Waals surface area contributed by atoms with Crippen LogP contribution in [0.3, 0.4) is 0 Å². The molecule has 0 fully saturated rings. The summed E-state index contributed by atoms with van der Waals surface area (Å²) in [4.78, 5) is 0. The Morgan fingerprint density at radius 3 is 2.08 bits per heavy atom. The van der Waals surface area contributed by atoms with E-state index in [2.05, 4.69) is 84.9 Å². The molecule has 0 radical (unpaired) electrons. The topological polar surface area (TPSA) is 0 Å². The van der Waals surface area contributed by atoms with Gasteiger partial charge in [0, 0.05) is 0 Å². The molecule has 0 heteroatoms. The van der Waals surface area contributed by atoms with E-state index in [0.717, 1.165) is 0 Å². The lowest BCUT2D eigenvalue weighted by Crippen LogP contribution is -1.80. The van der Waals surface area contributed by atoms with Crippen LogP contribution in [0.1, 0.15) is 0 Å². The highest BCUT2D eigenvalue weighted by molar-refractivity contribution is 6.26. The summed E-state index contributed by atoms with van der Waals surface area (Å²) >= 11 is 0. The first-order chi connectivity index (χ1) is 11.9. The third kappa shape index (κ3) is 1.39. The molecule has 6 rings (SSSR count). The highest BCUT2D eigenvalue weighted by Crippen LogP contribution is 2.51. The molecule has 0 N–H and O–H groups in total. The summed E-state index contributed by atoms with van der Waals surface area (Å²) in [6.45, 7) is 0. The van der Waals surface area contributed by atoms with Gasteiger partial charge in [0.25, 0.3) is 0 Å². The van der Waals surface area contributed by atoms with E-state index in [0.29, 0.717) is 0 Å². The Morgan fingerprint density at radius 1 is 0.417 bits per heavy atom. The zero-order chi connectivity index (χ0) is 15.7. The van der Waals surface area contributed by atoms with Crippen LogP contribution in [-0.4, -0.2) is 0 Å². The predicted octanol–water partition coefficient (Wildman–Crippen LogP) is 6.79. The molecule has 1 aliphatic rings. The van der Waals surface area contributed by atoms with Gasteiger partial charge in [-0.15, -0.1) is 0 Å². The minimum absolute atomic E-state index is 1.31. The van der Waals surface area contributed by atoms with E-state index in [1.165, 1.54) is 54.6 Å². The van der Waals surface area contributed by atoms with E-state index in [-0.39, 0.29) is 0 Å².